The third-order valence-electron chi connectivity index (χ3n) is 2.23. The number of rotatable bonds is 2. The lowest BCUT2D eigenvalue weighted by molar-refractivity contribution is 0.103. The van der Waals surface area contributed by atoms with E-state index in [1.807, 2.05) is 12.3 Å². The van der Waals surface area contributed by atoms with Crippen molar-refractivity contribution in [2.45, 2.75) is 6.92 Å². The molecule has 2 aromatic rings. The van der Waals surface area contributed by atoms with Crippen molar-refractivity contribution in [1.29, 1.82) is 0 Å². The van der Waals surface area contributed by atoms with Crippen molar-refractivity contribution in [2.24, 2.45) is 0 Å². The van der Waals surface area contributed by atoms with Crippen molar-refractivity contribution in [3.05, 3.63) is 44.7 Å². The van der Waals surface area contributed by atoms with Gasteiger partial charge in [-0.05, 0) is 23.9 Å². The molecular weight excluding hydrogens is 244 g/mol. The van der Waals surface area contributed by atoms with E-state index in [0.29, 0.717) is 16.1 Å². The third kappa shape index (κ3) is 1.94. The summed E-state index contributed by atoms with van der Waals surface area (Å²) in [6, 6.07) is 1.54. The average molecular weight is 253 g/mol. The van der Waals surface area contributed by atoms with Crippen LogP contribution in [0.2, 0.25) is 5.02 Å². The SMILES string of the molecule is Cc1cscc1C(=O)c1cc(Cl)cnc1N. The Morgan fingerprint density at radius 2 is 2.19 bits per heavy atom. The summed E-state index contributed by atoms with van der Waals surface area (Å²) in [6.07, 6.45) is 1.42. The lowest BCUT2D eigenvalue weighted by Crippen LogP contribution is -2.07. The minimum absolute atomic E-state index is 0.133. The van der Waals surface area contributed by atoms with Gasteiger partial charge in [-0.1, -0.05) is 11.6 Å². The molecule has 0 saturated carbocycles. The first-order valence-corrected chi connectivity index (χ1v) is 5.90. The summed E-state index contributed by atoms with van der Waals surface area (Å²) in [5.74, 6) is 0.0752. The molecule has 0 spiro atoms. The number of nitrogens with zero attached hydrogens (tertiary/aromatic N) is 1. The number of thiophene rings is 1. The molecule has 0 fully saturated rings. The van der Waals surface area contributed by atoms with Crippen LogP contribution in [-0.2, 0) is 0 Å². The summed E-state index contributed by atoms with van der Waals surface area (Å²) in [4.78, 5) is 16.0. The lowest BCUT2D eigenvalue weighted by atomic mass is 10.0. The van der Waals surface area contributed by atoms with Crippen molar-refractivity contribution < 1.29 is 4.79 Å². The van der Waals surface area contributed by atoms with Crippen LogP contribution in [0, 0.1) is 6.92 Å². The van der Waals surface area contributed by atoms with Gasteiger partial charge in [0.25, 0.3) is 0 Å². The molecule has 16 heavy (non-hydrogen) atoms. The predicted octanol–water partition coefficient (Wildman–Crippen LogP) is 2.92. The fourth-order valence-electron chi connectivity index (χ4n) is 1.37. The van der Waals surface area contributed by atoms with Crippen LogP contribution in [0.3, 0.4) is 0 Å². The summed E-state index contributed by atoms with van der Waals surface area (Å²) in [5, 5.41) is 4.13. The first kappa shape index (κ1) is 11.1. The topological polar surface area (TPSA) is 56.0 Å². The van der Waals surface area contributed by atoms with E-state index in [-0.39, 0.29) is 11.6 Å². The fraction of sp³-hybridized carbons (Fsp3) is 0.0909. The minimum atomic E-state index is -0.133. The highest BCUT2D eigenvalue weighted by molar-refractivity contribution is 7.08. The van der Waals surface area contributed by atoms with Crippen LogP contribution >= 0.6 is 22.9 Å². The molecule has 2 aromatic heterocycles. The Hall–Kier alpha value is -1.39. The number of pyridine rings is 1. The van der Waals surface area contributed by atoms with Gasteiger partial charge >= 0.3 is 0 Å². The molecule has 0 amide bonds. The summed E-state index contributed by atoms with van der Waals surface area (Å²) >= 11 is 7.28. The monoisotopic (exact) mass is 252 g/mol. The molecule has 0 radical (unpaired) electrons. The molecule has 0 aliphatic carbocycles. The summed E-state index contributed by atoms with van der Waals surface area (Å²) in [6.45, 7) is 1.89. The number of hydrogen-bond donors (Lipinski definition) is 1. The van der Waals surface area contributed by atoms with Gasteiger partial charge in [-0.2, -0.15) is 11.3 Å². The highest BCUT2D eigenvalue weighted by atomic mass is 35.5. The molecule has 0 aromatic carbocycles. The standard InChI is InChI=1S/C11H9ClN2OS/c1-6-4-16-5-9(6)10(15)8-2-7(12)3-14-11(8)13/h2-5H,1H3,(H2,13,14). The van der Waals surface area contributed by atoms with E-state index in [1.54, 1.807) is 11.4 Å². The Balaban J connectivity index is 2.49. The first-order chi connectivity index (χ1) is 7.59. The number of hydrogen-bond acceptors (Lipinski definition) is 4. The summed E-state index contributed by atoms with van der Waals surface area (Å²) in [5.41, 5.74) is 7.61. The zero-order chi connectivity index (χ0) is 11.7. The summed E-state index contributed by atoms with van der Waals surface area (Å²) < 4.78 is 0. The van der Waals surface area contributed by atoms with Gasteiger partial charge in [0.05, 0.1) is 10.6 Å². The molecule has 0 aliphatic rings. The first-order valence-electron chi connectivity index (χ1n) is 4.58. The number of aryl methyl sites for hydroxylation is 1. The maximum Gasteiger partial charge on any atom is 0.197 e. The van der Waals surface area contributed by atoms with E-state index in [4.69, 9.17) is 17.3 Å². The van der Waals surface area contributed by atoms with Crippen molar-refractivity contribution in [2.75, 3.05) is 5.73 Å². The number of aromatic nitrogens is 1. The largest absolute Gasteiger partial charge is 0.383 e. The van der Waals surface area contributed by atoms with Crippen LogP contribution in [0.1, 0.15) is 21.5 Å². The molecule has 82 valence electrons. The molecule has 0 bridgehead atoms. The van der Waals surface area contributed by atoms with E-state index in [0.717, 1.165) is 5.56 Å². The molecule has 0 unspecified atom stereocenters. The Labute approximate surface area is 102 Å². The number of carbonyl (C=O) groups excluding carboxylic acids is 1. The van der Waals surface area contributed by atoms with Gasteiger partial charge in [0.2, 0.25) is 0 Å². The van der Waals surface area contributed by atoms with Crippen molar-refractivity contribution >= 4 is 34.5 Å². The van der Waals surface area contributed by atoms with Crippen LogP contribution in [0.4, 0.5) is 5.82 Å². The van der Waals surface area contributed by atoms with Gasteiger partial charge in [0, 0.05) is 17.1 Å². The van der Waals surface area contributed by atoms with E-state index >= 15 is 0 Å². The van der Waals surface area contributed by atoms with Crippen LogP contribution in [-0.4, -0.2) is 10.8 Å². The number of halogens is 1. The molecule has 0 atom stereocenters. The van der Waals surface area contributed by atoms with Crippen molar-refractivity contribution in [3.63, 3.8) is 0 Å². The van der Waals surface area contributed by atoms with Gasteiger partial charge < -0.3 is 5.73 Å². The molecule has 5 heteroatoms. The highest BCUT2D eigenvalue weighted by Crippen LogP contribution is 2.22. The lowest BCUT2D eigenvalue weighted by Gasteiger charge is -2.03. The van der Waals surface area contributed by atoms with Gasteiger partial charge in [-0.3, -0.25) is 4.79 Å². The smallest absolute Gasteiger partial charge is 0.197 e. The maximum atomic E-state index is 12.1. The van der Waals surface area contributed by atoms with Crippen LogP contribution in [0.25, 0.3) is 0 Å². The molecule has 0 saturated heterocycles. The quantitative estimate of drug-likeness (QED) is 0.836. The maximum absolute atomic E-state index is 12.1. The van der Waals surface area contributed by atoms with Crippen LogP contribution < -0.4 is 5.73 Å². The normalized spacial score (nSPS) is 10.4. The Morgan fingerprint density at radius 3 is 2.81 bits per heavy atom. The molecule has 0 aliphatic heterocycles. The molecule has 2 N–H and O–H groups in total. The number of anilines is 1. The summed E-state index contributed by atoms with van der Waals surface area (Å²) in [7, 11) is 0. The highest BCUT2D eigenvalue weighted by Gasteiger charge is 2.16. The Kier molecular flexibility index (Phi) is 2.94. The number of nitrogens with two attached hydrogens (primary N) is 1. The van der Waals surface area contributed by atoms with Crippen LogP contribution in [0.5, 0.6) is 0 Å². The zero-order valence-electron chi connectivity index (χ0n) is 8.53. The average Bonchev–Trinajstić information content (AvgIpc) is 2.67. The van der Waals surface area contributed by atoms with Crippen molar-refractivity contribution in [1.82, 2.24) is 4.98 Å². The van der Waals surface area contributed by atoms with E-state index in [9.17, 15) is 4.79 Å². The van der Waals surface area contributed by atoms with E-state index in [1.165, 1.54) is 17.5 Å². The second kappa shape index (κ2) is 4.23. The third-order valence-corrected chi connectivity index (χ3v) is 3.30. The molecule has 2 heterocycles. The second-order valence-electron chi connectivity index (χ2n) is 3.38. The Morgan fingerprint density at radius 1 is 1.44 bits per heavy atom. The Bertz CT molecular complexity index is 551. The zero-order valence-corrected chi connectivity index (χ0v) is 10.1. The molecule has 3 nitrogen and oxygen atoms in total. The van der Waals surface area contributed by atoms with Gasteiger partial charge in [0.15, 0.2) is 5.78 Å². The molecule has 2 rings (SSSR count). The second-order valence-corrected chi connectivity index (χ2v) is 4.56. The number of ketones is 1. The van der Waals surface area contributed by atoms with Gasteiger partial charge in [-0.25, -0.2) is 4.98 Å². The number of carbonyl (C=O) groups is 1. The molecular formula is C11H9ClN2OS. The van der Waals surface area contributed by atoms with Gasteiger partial charge in [0.1, 0.15) is 5.82 Å². The predicted molar refractivity (Wildman–Crippen MR) is 66.1 cm³/mol. The van der Waals surface area contributed by atoms with E-state index < -0.39 is 0 Å². The minimum Gasteiger partial charge on any atom is -0.383 e. The van der Waals surface area contributed by atoms with Crippen LogP contribution in [0.15, 0.2) is 23.0 Å². The van der Waals surface area contributed by atoms with Gasteiger partial charge in [-0.15, -0.1) is 0 Å². The fourth-order valence-corrected chi connectivity index (χ4v) is 2.36. The van der Waals surface area contributed by atoms with Crippen molar-refractivity contribution in [3.8, 4) is 0 Å². The van der Waals surface area contributed by atoms with E-state index in [2.05, 4.69) is 4.98 Å². The number of nitrogen functional groups attached to an aromatic ring is 1.